The number of anilines is 1. The second kappa shape index (κ2) is 12.2. The molecular weight excluding hydrogens is 471 g/mol. The van der Waals surface area contributed by atoms with E-state index in [0.717, 1.165) is 11.1 Å². The van der Waals surface area contributed by atoms with Gasteiger partial charge < -0.3 is 24.3 Å². The van der Waals surface area contributed by atoms with Crippen molar-refractivity contribution in [3.63, 3.8) is 0 Å². The Kier molecular flexibility index (Phi) is 9.33. The fraction of sp³-hybridized carbons (Fsp3) is 0.478. The predicted octanol–water partition coefficient (Wildman–Crippen LogP) is 3.42. The number of carbonyl (C=O) groups excluding carboxylic acids is 1. The molecule has 11 nitrogen and oxygen atoms in total. The second-order valence-corrected chi connectivity index (χ2v) is 10.4. The van der Waals surface area contributed by atoms with Crippen LogP contribution in [0.3, 0.4) is 0 Å². The predicted molar refractivity (Wildman–Crippen MR) is 133 cm³/mol. The SMILES string of the molecule is CCCOC(=O)[C@H](C)NP(=O)(CO[C@H](C)Cn1cnc2c(N)ncnc21)OCc1ccccc1C. The number of esters is 1. The van der Waals surface area contributed by atoms with Gasteiger partial charge in [0, 0.05) is 0 Å². The standard InChI is InChI=1S/C23H33N6O5P/c1-5-10-32-23(30)18(4)28-35(31,34-12-19-9-7-6-8-16(19)2)15-33-17(3)11-29-14-27-20-21(24)25-13-26-22(20)29/h6-9,13-14,17-18H,5,10-12,15H2,1-4H3,(H,28,31)(H2,24,25,26)/t17-,18+,35?/m1/s1. The summed E-state index contributed by atoms with van der Waals surface area (Å²) in [6.45, 7) is 8.06. The quantitative estimate of drug-likeness (QED) is 0.262. The summed E-state index contributed by atoms with van der Waals surface area (Å²) >= 11 is 0. The van der Waals surface area contributed by atoms with Crippen molar-refractivity contribution in [2.24, 2.45) is 0 Å². The Morgan fingerprint density at radius 2 is 2.00 bits per heavy atom. The van der Waals surface area contributed by atoms with E-state index in [4.69, 9.17) is 19.7 Å². The number of fused-ring (bicyclic) bond motifs is 1. The van der Waals surface area contributed by atoms with Gasteiger partial charge in [-0.3, -0.25) is 9.36 Å². The summed E-state index contributed by atoms with van der Waals surface area (Å²) < 4.78 is 32.5. The van der Waals surface area contributed by atoms with E-state index in [1.165, 1.54) is 6.33 Å². The minimum Gasteiger partial charge on any atom is -0.465 e. The molecule has 3 rings (SSSR count). The molecule has 0 aliphatic heterocycles. The summed E-state index contributed by atoms with van der Waals surface area (Å²) in [5.74, 6) is -0.202. The molecule has 12 heteroatoms. The Morgan fingerprint density at radius 3 is 2.74 bits per heavy atom. The van der Waals surface area contributed by atoms with E-state index in [1.807, 2.05) is 45.0 Å². The zero-order valence-corrected chi connectivity index (χ0v) is 21.4. The molecule has 0 fully saturated rings. The van der Waals surface area contributed by atoms with Crippen LogP contribution in [-0.4, -0.2) is 50.6 Å². The van der Waals surface area contributed by atoms with Gasteiger partial charge in [-0.05, 0) is 38.3 Å². The number of nitrogens with two attached hydrogens (primary N) is 1. The van der Waals surface area contributed by atoms with Crippen LogP contribution < -0.4 is 10.8 Å². The van der Waals surface area contributed by atoms with Gasteiger partial charge in [-0.25, -0.2) is 20.0 Å². The van der Waals surface area contributed by atoms with Crippen molar-refractivity contribution in [2.75, 3.05) is 18.7 Å². The summed E-state index contributed by atoms with van der Waals surface area (Å²) in [6, 6.07) is 6.83. The fourth-order valence-corrected chi connectivity index (χ4v) is 5.04. The van der Waals surface area contributed by atoms with E-state index < -0.39 is 19.5 Å². The van der Waals surface area contributed by atoms with Gasteiger partial charge in [-0.1, -0.05) is 31.2 Å². The number of aromatic nitrogens is 4. The Balaban J connectivity index is 1.68. The van der Waals surface area contributed by atoms with Crippen molar-refractivity contribution < 1.29 is 23.4 Å². The molecule has 3 N–H and O–H groups in total. The van der Waals surface area contributed by atoms with Crippen LogP contribution in [0.15, 0.2) is 36.9 Å². The molecule has 0 spiro atoms. The monoisotopic (exact) mass is 504 g/mol. The Morgan fingerprint density at radius 1 is 1.23 bits per heavy atom. The highest BCUT2D eigenvalue weighted by Gasteiger charge is 2.30. The van der Waals surface area contributed by atoms with Gasteiger partial charge in [0.15, 0.2) is 11.5 Å². The van der Waals surface area contributed by atoms with Gasteiger partial charge in [0.05, 0.1) is 32.2 Å². The number of nitrogens with zero attached hydrogens (tertiary/aromatic N) is 4. The molecule has 0 amide bonds. The molecule has 2 heterocycles. The van der Waals surface area contributed by atoms with Crippen LogP contribution in [0, 0.1) is 6.92 Å². The van der Waals surface area contributed by atoms with Gasteiger partial charge in [0.25, 0.3) is 7.52 Å². The molecule has 0 aliphatic rings. The largest absolute Gasteiger partial charge is 0.465 e. The summed E-state index contributed by atoms with van der Waals surface area (Å²) in [5.41, 5.74) is 8.85. The van der Waals surface area contributed by atoms with Gasteiger partial charge in [0.2, 0.25) is 0 Å². The lowest BCUT2D eigenvalue weighted by Crippen LogP contribution is -2.35. The molecule has 0 bridgehead atoms. The first-order valence-electron chi connectivity index (χ1n) is 11.5. The maximum atomic E-state index is 13.7. The van der Waals surface area contributed by atoms with Crippen molar-refractivity contribution in [1.82, 2.24) is 24.6 Å². The fourth-order valence-electron chi connectivity index (χ4n) is 3.32. The molecule has 0 radical (unpaired) electrons. The number of rotatable bonds is 13. The average molecular weight is 505 g/mol. The summed E-state index contributed by atoms with van der Waals surface area (Å²) in [5, 5.41) is 2.82. The minimum absolute atomic E-state index is 0.105. The smallest absolute Gasteiger partial charge is 0.323 e. The molecule has 1 aromatic carbocycles. The average Bonchev–Trinajstić information content (AvgIpc) is 3.24. The Bertz CT molecular complexity index is 1190. The number of hydrogen-bond acceptors (Lipinski definition) is 9. The lowest BCUT2D eigenvalue weighted by molar-refractivity contribution is -0.145. The highest BCUT2D eigenvalue weighted by atomic mass is 31.2. The normalized spacial score (nSPS) is 15.0. The second-order valence-electron chi connectivity index (χ2n) is 8.33. The maximum absolute atomic E-state index is 13.7. The number of carbonyl (C=O) groups is 1. The Labute approximate surface area is 204 Å². The molecule has 190 valence electrons. The topological polar surface area (TPSA) is 143 Å². The van der Waals surface area contributed by atoms with Crippen LogP contribution in [0.5, 0.6) is 0 Å². The van der Waals surface area contributed by atoms with E-state index in [9.17, 15) is 9.36 Å². The minimum atomic E-state index is -3.59. The van der Waals surface area contributed by atoms with Crippen LogP contribution in [0.2, 0.25) is 0 Å². The lowest BCUT2D eigenvalue weighted by atomic mass is 10.1. The molecule has 3 atom stereocenters. The third kappa shape index (κ3) is 7.32. The van der Waals surface area contributed by atoms with Crippen molar-refractivity contribution >= 4 is 30.5 Å². The van der Waals surface area contributed by atoms with Crippen molar-refractivity contribution in [1.29, 1.82) is 0 Å². The number of imidazole rings is 1. The van der Waals surface area contributed by atoms with E-state index in [0.29, 0.717) is 36.6 Å². The molecule has 0 aliphatic carbocycles. The number of benzene rings is 1. The van der Waals surface area contributed by atoms with Crippen LogP contribution in [0.4, 0.5) is 5.82 Å². The van der Waals surface area contributed by atoms with Gasteiger partial charge in [0.1, 0.15) is 24.2 Å². The number of ether oxygens (including phenoxy) is 2. The van der Waals surface area contributed by atoms with Gasteiger partial charge in [-0.2, -0.15) is 0 Å². The third-order valence-corrected chi connectivity index (χ3v) is 7.11. The first-order valence-corrected chi connectivity index (χ1v) is 13.3. The molecule has 0 saturated heterocycles. The van der Waals surface area contributed by atoms with Crippen molar-refractivity contribution in [3.8, 4) is 0 Å². The molecule has 1 unspecified atom stereocenters. The van der Waals surface area contributed by atoms with E-state index in [1.54, 1.807) is 17.8 Å². The number of nitrogen functional groups attached to an aromatic ring is 1. The van der Waals surface area contributed by atoms with Crippen LogP contribution >= 0.6 is 7.52 Å². The van der Waals surface area contributed by atoms with Crippen molar-refractivity contribution in [3.05, 3.63) is 48.0 Å². The zero-order valence-electron chi connectivity index (χ0n) is 20.5. The van der Waals surface area contributed by atoms with Crippen molar-refractivity contribution in [2.45, 2.75) is 59.4 Å². The maximum Gasteiger partial charge on any atom is 0.323 e. The molecule has 2 aromatic heterocycles. The first-order chi connectivity index (χ1) is 16.7. The van der Waals surface area contributed by atoms with Crippen LogP contribution in [0.1, 0.15) is 38.3 Å². The van der Waals surface area contributed by atoms with Crippen LogP contribution in [0.25, 0.3) is 11.2 Å². The van der Waals surface area contributed by atoms with E-state index >= 15 is 0 Å². The molecule has 35 heavy (non-hydrogen) atoms. The Hall–Kier alpha value is -2.85. The highest BCUT2D eigenvalue weighted by molar-refractivity contribution is 7.56. The summed E-state index contributed by atoms with van der Waals surface area (Å²) in [6.07, 6.45) is 3.06. The summed E-state index contributed by atoms with van der Waals surface area (Å²) in [4.78, 5) is 24.7. The molecule has 0 saturated carbocycles. The third-order valence-electron chi connectivity index (χ3n) is 5.29. The van der Waals surface area contributed by atoms with E-state index in [-0.39, 0.29) is 19.1 Å². The van der Waals surface area contributed by atoms with Crippen LogP contribution in [-0.2, 0) is 36.5 Å². The lowest BCUT2D eigenvalue weighted by Gasteiger charge is -2.25. The van der Waals surface area contributed by atoms with Gasteiger partial charge >= 0.3 is 5.97 Å². The number of nitrogens with one attached hydrogen (secondary N) is 1. The zero-order chi connectivity index (χ0) is 25.4. The number of aryl methyl sites for hydroxylation is 1. The number of hydrogen-bond donors (Lipinski definition) is 2. The summed E-state index contributed by atoms with van der Waals surface area (Å²) in [7, 11) is -3.59. The molecule has 3 aromatic rings. The van der Waals surface area contributed by atoms with E-state index in [2.05, 4.69) is 20.0 Å². The van der Waals surface area contributed by atoms with Gasteiger partial charge in [-0.15, -0.1) is 0 Å². The highest BCUT2D eigenvalue weighted by Crippen LogP contribution is 2.44. The molecular formula is C23H33N6O5P. The first kappa shape index (κ1) is 26.7.